The van der Waals surface area contributed by atoms with Crippen molar-refractivity contribution in [1.29, 1.82) is 0 Å². The molecule has 2 N–H and O–H groups in total. The number of H-pyrrole nitrogens is 1. The van der Waals surface area contributed by atoms with Crippen molar-refractivity contribution in [2.75, 3.05) is 6.61 Å². The molecule has 0 saturated carbocycles. The van der Waals surface area contributed by atoms with Gasteiger partial charge in [-0.15, -0.1) is 11.3 Å². The van der Waals surface area contributed by atoms with Crippen molar-refractivity contribution in [3.05, 3.63) is 69.3 Å². The molecule has 0 atom stereocenters. The van der Waals surface area contributed by atoms with Crippen LogP contribution in [0.4, 0.5) is 0 Å². The Morgan fingerprint density at radius 3 is 2.56 bits per heavy atom. The summed E-state index contributed by atoms with van der Waals surface area (Å²) in [5.41, 5.74) is 2.04. The fourth-order valence-corrected chi connectivity index (χ4v) is 4.53. The van der Waals surface area contributed by atoms with Crippen molar-refractivity contribution >= 4 is 33.2 Å². The van der Waals surface area contributed by atoms with Crippen molar-refractivity contribution in [2.45, 2.75) is 6.92 Å². The summed E-state index contributed by atoms with van der Waals surface area (Å²) in [7, 11) is 0. The second kappa shape index (κ2) is 7.10. The number of pyridine rings is 1. The van der Waals surface area contributed by atoms with Crippen molar-refractivity contribution in [3.8, 4) is 33.8 Å². The first-order valence-electron chi connectivity index (χ1n) is 8.46. The third kappa shape index (κ3) is 3.09. The number of hydrogen-bond donors (Lipinski definition) is 2. The van der Waals surface area contributed by atoms with Crippen molar-refractivity contribution in [3.63, 3.8) is 0 Å². The number of benzene rings is 2. The van der Waals surface area contributed by atoms with Crippen LogP contribution in [0.2, 0.25) is 4.34 Å². The molecule has 0 bridgehead atoms. The van der Waals surface area contributed by atoms with E-state index in [2.05, 4.69) is 4.98 Å². The maximum atomic E-state index is 12.6. The summed E-state index contributed by atoms with van der Waals surface area (Å²) >= 11 is 7.73. The van der Waals surface area contributed by atoms with Crippen LogP contribution in [0.15, 0.2) is 59.4 Å². The molecule has 4 rings (SSSR count). The van der Waals surface area contributed by atoms with E-state index < -0.39 is 0 Å². The SMILES string of the molecule is CCOc1cccc(-c2c(Cl)sc3[nH]c(=O)c(-c4ccccc4)c(O)c23)c1. The number of ether oxygens (including phenoxy) is 1. The van der Waals surface area contributed by atoms with Crippen LogP contribution >= 0.6 is 22.9 Å². The van der Waals surface area contributed by atoms with Gasteiger partial charge in [-0.2, -0.15) is 0 Å². The molecule has 4 nitrogen and oxygen atoms in total. The van der Waals surface area contributed by atoms with Crippen LogP contribution in [-0.4, -0.2) is 16.7 Å². The van der Waals surface area contributed by atoms with E-state index in [4.69, 9.17) is 16.3 Å². The first-order chi connectivity index (χ1) is 13.1. The molecule has 0 radical (unpaired) electrons. The molecule has 0 amide bonds. The van der Waals surface area contributed by atoms with Gasteiger partial charge in [-0.25, -0.2) is 0 Å². The van der Waals surface area contributed by atoms with Crippen LogP contribution in [-0.2, 0) is 0 Å². The van der Waals surface area contributed by atoms with E-state index in [0.29, 0.717) is 32.3 Å². The van der Waals surface area contributed by atoms with Crippen LogP contribution in [0.5, 0.6) is 11.5 Å². The van der Waals surface area contributed by atoms with E-state index in [9.17, 15) is 9.90 Å². The molecule has 0 aliphatic carbocycles. The summed E-state index contributed by atoms with van der Waals surface area (Å²) in [5.74, 6) is 0.650. The molecular formula is C21H16ClNO3S. The second-order valence-electron chi connectivity index (χ2n) is 5.96. The van der Waals surface area contributed by atoms with Crippen molar-refractivity contribution in [1.82, 2.24) is 4.98 Å². The minimum absolute atomic E-state index is 0.0695. The molecule has 0 unspecified atom stereocenters. The lowest BCUT2D eigenvalue weighted by Crippen LogP contribution is -2.08. The Morgan fingerprint density at radius 1 is 1.07 bits per heavy atom. The minimum Gasteiger partial charge on any atom is -0.506 e. The molecule has 0 saturated heterocycles. The van der Waals surface area contributed by atoms with Gasteiger partial charge in [0, 0.05) is 5.56 Å². The Morgan fingerprint density at radius 2 is 1.81 bits per heavy atom. The number of hydrogen-bond acceptors (Lipinski definition) is 4. The molecule has 0 fully saturated rings. The van der Waals surface area contributed by atoms with Gasteiger partial charge in [0.05, 0.1) is 17.6 Å². The number of thiophene rings is 1. The Hall–Kier alpha value is -2.76. The van der Waals surface area contributed by atoms with Gasteiger partial charge in [-0.05, 0) is 30.2 Å². The summed E-state index contributed by atoms with van der Waals surface area (Å²) in [6, 6.07) is 16.6. The zero-order valence-corrected chi connectivity index (χ0v) is 16.0. The number of halogens is 1. The van der Waals surface area contributed by atoms with Gasteiger partial charge in [0.25, 0.3) is 5.56 Å². The van der Waals surface area contributed by atoms with Gasteiger partial charge >= 0.3 is 0 Å². The van der Waals surface area contributed by atoms with E-state index in [0.717, 1.165) is 11.3 Å². The number of rotatable bonds is 4. The van der Waals surface area contributed by atoms with E-state index in [-0.39, 0.29) is 16.9 Å². The zero-order valence-electron chi connectivity index (χ0n) is 14.5. The number of aromatic nitrogens is 1. The molecule has 136 valence electrons. The molecule has 0 aliphatic rings. The van der Waals surface area contributed by atoms with Gasteiger partial charge in [0.1, 0.15) is 20.7 Å². The van der Waals surface area contributed by atoms with E-state index in [1.54, 1.807) is 12.1 Å². The lowest BCUT2D eigenvalue weighted by Gasteiger charge is -2.09. The first-order valence-corrected chi connectivity index (χ1v) is 9.65. The third-order valence-corrected chi connectivity index (χ3v) is 5.60. The monoisotopic (exact) mass is 397 g/mol. The molecule has 4 aromatic rings. The molecular weight excluding hydrogens is 382 g/mol. The van der Waals surface area contributed by atoms with Gasteiger partial charge in [0.2, 0.25) is 0 Å². The number of nitrogens with one attached hydrogen (secondary N) is 1. The predicted octanol–water partition coefficient (Wildman–Crippen LogP) is 5.68. The van der Waals surface area contributed by atoms with Crippen LogP contribution in [0.1, 0.15) is 6.92 Å². The summed E-state index contributed by atoms with van der Waals surface area (Å²) in [4.78, 5) is 16.0. The fraction of sp³-hybridized carbons (Fsp3) is 0.0952. The maximum absolute atomic E-state index is 12.6. The average Bonchev–Trinajstić information content (AvgIpc) is 2.99. The molecule has 6 heteroatoms. The van der Waals surface area contributed by atoms with Crippen molar-refractivity contribution < 1.29 is 9.84 Å². The summed E-state index contributed by atoms with van der Waals surface area (Å²) in [5, 5.41) is 11.5. The summed E-state index contributed by atoms with van der Waals surface area (Å²) in [6.45, 7) is 2.47. The molecule has 2 aromatic heterocycles. The molecule has 2 aromatic carbocycles. The zero-order chi connectivity index (χ0) is 19.0. The smallest absolute Gasteiger partial charge is 0.260 e. The number of aromatic amines is 1. The maximum Gasteiger partial charge on any atom is 0.260 e. The van der Waals surface area contributed by atoms with E-state index in [1.807, 2.05) is 49.4 Å². The van der Waals surface area contributed by atoms with E-state index >= 15 is 0 Å². The average molecular weight is 398 g/mol. The number of fused-ring (bicyclic) bond motifs is 1. The fourth-order valence-electron chi connectivity index (χ4n) is 3.15. The molecule has 27 heavy (non-hydrogen) atoms. The quantitative estimate of drug-likeness (QED) is 0.465. The third-order valence-electron chi connectivity index (χ3n) is 4.29. The lowest BCUT2D eigenvalue weighted by molar-refractivity contribution is 0.340. The normalized spacial score (nSPS) is 11.0. The predicted molar refractivity (Wildman–Crippen MR) is 111 cm³/mol. The van der Waals surface area contributed by atoms with Gasteiger partial charge in [-0.3, -0.25) is 4.79 Å². The highest BCUT2D eigenvalue weighted by Crippen LogP contribution is 2.47. The van der Waals surface area contributed by atoms with Crippen LogP contribution in [0, 0.1) is 0 Å². The van der Waals surface area contributed by atoms with Crippen LogP contribution < -0.4 is 10.3 Å². The highest BCUT2D eigenvalue weighted by Gasteiger charge is 2.22. The Labute approximate surface area is 164 Å². The second-order valence-corrected chi connectivity index (χ2v) is 7.58. The molecule has 2 heterocycles. The minimum atomic E-state index is -0.348. The van der Waals surface area contributed by atoms with Gasteiger partial charge < -0.3 is 14.8 Å². The Balaban J connectivity index is 2.01. The summed E-state index contributed by atoms with van der Waals surface area (Å²) < 4.78 is 6.07. The van der Waals surface area contributed by atoms with Crippen LogP contribution in [0.3, 0.4) is 0 Å². The Bertz CT molecular complexity index is 1180. The van der Waals surface area contributed by atoms with Crippen LogP contribution in [0.25, 0.3) is 32.5 Å². The Kier molecular flexibility index (Phi) is 4.64. The van der Waals surface area contributed by atoms with Gasteiger partial charge in [-0.1, -0.05) is 54.1 Å². The molecule has 0 aliphatic heterocycles. The van der Waals surface area contributed by atoms with Gasteiger partial charge in [0.15, 0.2) is 0 Å². The lowest BCUT2D eigenvalue weighted by atomic mass is 10.0. The number of aromatic hydroxyl groups is 1. The summed E-state index contributed by atoms with van der Waals surface area (Å²) in [6.07, 6.45) is 0. The van der Waals surface area contributed by atoms with Crippen molar-refractivity contribution in [2.24, 2.45) is 0 Å². The van der Waals surface area contributed by atoms with E-state index in [1.165, 1.54) is 11.3 Å². The largest absolute Gasteiger partial charge is 0.506 e. The highest BCUT2D eigenvalue weighted by atomic mass is 35.5. The topological polar surface area (TPSA) is 62.3 Å². The highest BCUT2D eigenvalue weighted by molar-refractivity contribution is 7.23. The molecule has 0 spiro atoms. The first kappa shape index (κ1) is 17.6. The standard InChI is InChI=1S/C21H16ClNO3S/c1-2-26-14-10-6-9-13(11-14)15-17-18(24)16(12-7-4-3-5-8-12)20(25)23-21(17)27-19(15)22/h3-11H,2H2,1H3,(H2,23,24,25).